The Hall–Kier alpha value is 0.270. The van der Waals surface area contributed by atoms with E-state index in [0.717, 1.165) is 25.3 Å². The minimum atomic E-state index is -0.0614. The Labute approximate surface area is 66.4 Å². The molecule has 1 heterocycles. The van der Waals surface area contributed by atoms with E-state index in [2.05, 4.69) is 11.6 Å². The van der Waals surface area contributed by atoms with Crippen molar-refractivity contribution < 1.29 is 5.11 Å². The lowest BCUT2D eigenvalue weighted by molar-refractivity contribution is 0.0905. The number of nitrogens with one attached hydrogen (secondary N) is 1. The molecule has 1 aliphatic heterocycles. The molecule has 10 heavy (non-hydrogen) atoms. The summed E-state index contributed by atoms with van der Waals surface area (Å²) in [6.45, 7) is 1.97. The van der Waals surface area contributed by atoms with Crippen LogP contribution in [0.1, 0.15) is 6.42 Å². The zero-order valence-corrected chi connectivity index (χ0v) is 7.16. The maximum absolute atomic E-state index is 9.45. The van der Waals surface area contributed by atoms with E-state index >= 15 is 0 Å². The van der Waals surface area contributed by atoms with Gasteiger partial charge in [-0.3, -0.25) is 0 Å². The highest BCUT2D eigenvalue weighted by Crippen LogP contribution is 2.14. The number of thioether (sulfide) groups is 1. The zero-order valence-electron chi connectivity index (χ0n) is 6.34. The van der Waals surface area contributed by atoms with Gasteiger partial charge in [-0.25, -0.2) is 0 Å². The smallest absolute Gasteiger partial charge is 0.0600 e. The second-order valence-corrected chi connectivity index (χ2v) is 3.69. The van der Waals surface area contributed by atoms with E-state index in [4.69, 9.17) is 0 Å². The Morgan fingerprint density at radius 1 is 1.70 bits per heavy atom. The van der Waals surface area contributed by atoms with E-state index in [1.54, 1.807) is 0 Å². The summed E-state index contributed by atoms with van der Waals surface area (Å²) in [5.74, 6) is 1.55. The first-order chi connectivity index (χ1) is 4.84. The maximum atomic E-state index is 9.45. The van der Waals surface area contributed by atoms with Crippen LogP contribution in [0.2, 0.25) is 0 Å². The zero-order chi connectivity index (χ0) is 7.40. The SMILES string of the molecule is CSCC1CNCCC1O. The fourth-order valence-electron chi connectivity index (χ4n) is 1.29. The molecule has 2 nitrogen and oxygen atoms in total. The van der Waals surface area contributed by atoms with Gasteiger partial charge < -0.3 is 10.4 Å². The molecule has 0 aliphatic carbocycles. The Kier molecular flexibility index (Phi) is 3.52. The van der Waals surface area contributed by atoms with Gasteiger partial charge in [0.2, 0.25) is 0 Å². The molecule has 0 saturated carbocycles. The molecule has 0 aromatic carbocycles. The van der Waals surface area contributed by atoms with E-state index in [0.29, 0.717) is 5.92 Å². The number of hydrogen-bond acceptors (Lipinski definition) is 3. The lowest BCUT2D eigenvalue weighted by atomic mass is 9.98. The summed E-state index contributed by atoms with van der Waals surface area (Å²) < 4.78 is 0. The van der Waals surface area contributed by atoms with E-state index in [1.165, 1.54) is 0 Å². The molecular formula is C7H15NOS. The van der Waals surface area contributed by atoms with Crippen LogP contribution >= 0.6 is 11.8 Å². The van der Waals surface area contributed by atoms with E-state index in [1.807, 2.05) is 11.8 Å². The lowest BCUT2D eigenvalue weighted by Crippen LogP contribution is -2.40. The average Bonchev–Trinajstić information content (AvgIpc) is 1.94. The Bertz CT molecular complexity index is 97.6. The predicted molar refractivity (Wildman–Crippen MR) is 45.4 cm³/mol. The van der Waals surface area contributed by atoms with Crippen LogP contribution in [0.15, 0.2) is 0 Å². The van der Waals surface area contributed by atoms with Crippen molar-refractivity contribution >= 4 is 11.8 Å². The summed E-state index contributed by atoms with van der Waals surface area (Å²) in [5.41, 5.74) is 0. The average molecular weight is 161 g/mol. The van der Waals surface area contributed by atoms with Crippen molar-refractivity contribution in [1.29, 1.82) is 0 Å². The van der Waals surface area contributed by atoms with E-state index < -0.39 is 0 Å². The number of aliphatic hydroxyl groups excluding tert-OH is 1. The van der Waals surface area contributed by atoms with Gasteiger partial charge in [0.15, 0.2) is 0 Å². The van der Waals surface area contributed by atoms with Gasteiger partial charge in [0.1, 0.15) is 0 Å². The molecule has 1 rings (SSSR count). The van der Waals surface area contributed by atoms with Crippen LogP contribution in [-0.4, -0.2) is 36.3 Å². The largest absolute Gasteiger partial charge is 0.393 e. The number of rotatable bonds is 2. The topological polar surface area (TPSA) is 32.3 Å². The van der Waals surface area contributed by atoms with Crippen LogP contribution in [0, 0.1) is 5.92 Å². The summed E-state index contributed by atoms with van der Waals surface area (Å²) in [4.78, 5) is 0. The third-order valence-electron chi connectivity index (χ3n) is 1.95. The van der Waals surface area contributed by atoms with Crippen molar-refractivity contribution in [3.05, 3.63) is 0 Å². The monoisotopic (exact) mass is 161 g/mol. The quantitative estimate of drug-likeness (QED) is 0.612. The van der Waals surface area contributed by atoms with Gasteiger partial charge in [-0.2, -0.15) is 11.8 Å². The van der Waals surface area contributed by atoms with Crippen LogP contribution in [0.25, 0.3) is 0 Å². The maximum Gasteiger partial charge on any atom is 0.0600 e. The Morgan fingerprint density at radius 3 is 3.10 bits per heavy atom. The van der Waals surface area contributed by atoms with Gasteiger partial charge >= 0.3 is 0 Å². The molecule has 0 aromatic heterocycles. The molecular weight excluding hydrogens is 146 g/mol. The van der Waals surface area contributed by atoms with Gasteiger partial charge in [0, 0.05) is 12.5 Å². The van der Waals surface area contributed by atoms with Crippen molar-refractivity contribution in [3.8, 4) is 0 Å². The Balaban J connectivity index is 2.25. The van der Waals surface area contributed by atoms with Gasteiger partial charge in [-0.05, 0) is 25.0 Å². The highest BCUT2D eigenvalue weighted by molar-refractivity contribution is 7.98. The summed E-state index contributed by atoms with van der Waals surface area (Å²) in [6, 6.07) is 0. The number of piperidine rings is 1. The van der Waals surface area contributed by atoms with Crippen molar-refractivity contribution in [1.82, 2.24) is 5.32 Å². The minimum Gasteiger partial charge on any atom is -0.393 e. The van der Waals surface area contributed by atoms with Gasteiger partial charge in [-0.1, -0.05) is 0 Å². The molecule has 0 bridgehead atoms. The van der Waals surface area contributed by atoms with Crippen LogP contribution in [-0.2, 0) is 0 Å². The molecule has 0 radical (unpaired) electrons. The van der Waals surface area contributed by atoms with Crippen LogP contribution < -0.4 is 5.32 Å². The molecule has 1 aliphatic rings. The first-order valence-corrected chi connectivity index (χ1v) is 5.11. The van der Waals surface area contributed by atoms with Gasteiger partial charge in [-0.15, -0.1) is 0 Å². The van der Waals surface area contributed by atoms with E-state index in [9.17, 15) is 5.11 Å². The summed E-state index contributed by atoms with van der Waals surface area (Å²) in [6.07, 6.45) is 2.95. The molecule has 3 heteroatoms. The lowest BCUT2D eigenvalue weighted by Gasteiger charge is -2.27. The fraction of sp³-hybridized carbons (Fsp3) is 1.00. The minimum absolute atomic E-state index is 0.0614. The molecule has 0 amide bonds. The van der Waals surface area contributed by atoms with Gasteiger partial charge in [0.05, 0.1) is 6.10 Å². The van der Waals surface area contributed by atoms with Crippen molar-refractivity contribution in [2.75, 3.05) is 25.1 Å². The first-order valence-electron chi connectivity index (χ1n) is 3.72. The fourth-order valence-corrected chi connectivity index (χ4v) is 2.06. The molecule has 60 valence electrons. The molecule has 1 fully saturated rings. The summed E-state index contributed by atoms with van der Waals surface area (Å²) >= 11 is 1.81. The normalized spacial score (nSPS) is 34.2. The van der Waals surface area contributed by atoms with Crippen molar-refractivity contribution in [2.24, 2.45) is 5.92 Å². The van der Waals surface area contributed by atoms with Gasteiger partial charge in [0.25, 0.3) is 0 Å². The number of aliphatic hydroxyl groups is 1. The highest BCUT2D eigenvalue weighted by atomic mass is 32.2. The van der Waals surface area contributed by atoms with Crippen molar-refractivity contribution in [2.45, 2.75) is 12.5 Å². The van der Waals surface area contributed by atoms with E-state index in [-0.39, 0.29) is 6.10 Å². The third kappa shape index (κ3) is 2.15. The highest BCUT2D eigenvalue weighted by Gasteiger charge is 2.21. The molecule has 1 saturated heterocycles. The molecule has 2 N–H and O–H groups in total. The van der Waals surface area contributed by atoms with Crippen LogP contribution in [0.3, 0.4) is 0 Å². The second kappa shape index (κ2) is 4.21. The molecule has 0 spiro atoms. The second-order valence-electron chi connectivity index (χ2n) is 2.78. The standard InChI is InChI=1S/C7H15NOS/c1-10-5-6-4-8-3-2-7(6)9/h6-9H,2-5H2,1H3. The molecule has 2 atom stereocenters. The number of hydrogen-bond donors (Lipinski definition) is 2. The predicted octanol–water partition coefficient (Wildman–Crippen LogP) is 0.320. The van der Waals surface area contributed by atoms with Crippen LogP contribution in [0.4, 0.5) is 0 Å². The van der Waals surface area contributed by atoms with Crippen LogP contribution in [0.5, 0.6) is 0 Å². The first kappa shape index (κ1) is 8.37. The Morgan fingerprint density at radius 2 is 2.50 bits per heavy atom. The molecule has 0 aromatic rings. The van der Waals surface area contributed by atoms with Crippen molar-refractivity contribution in [3.63, 3.8) is 0 Å². The molecule has 2 unspecified atom stereocenters. The summed E-state index contributed by atoms with van der Waals surface area (Å²) in [5, 5.41) is 12.7. The third-order valence-corrected chi connectivity index (χ3v) is 2.71. The summed E-state index contributed by atoms with van der Waals surface area (Å²) in [7, 11) is 0.